The van der Waals surface area contributed by atoms with Gasteiger partial charge >= 0.3 is 0 Å². The summed E-state index contributed by atoms with van der Waals surface area (Å²) >= 11 is 0. The summed E-state index contributed by atoms with van der Waals surface area (Å²) < 4.78 is 11.1. The number of hydrogen-bond donors (Lipinski definition) is 3. The van der Waals surface area contributed by atoms with Crippen molar-refractivity contribution in [3.05, 3.63) is 23.8 Å². The molecule has 0 saturated heterocycles. The molecule has 5 nitrogen and oxygen atoms in total. The minimum absolute atomic E-state index is 0.0432. The van der Waals surface area contributed by atoms with Crippen LogP contribution in [-0.2, 0) is 6.54 Å². The Bertz CT molecular complexity index is 409. The van der Waals surface area contributed by atoms with E-state index >= 15 is 0 Å². The third-order valence-electron chi connectivity index (χ3n) is 2.83. The summed E-state index contributed by atoms with van der Waals surface area (Å²) in [5.74, 6) is 1.85. The molecule has 0 saturated carbocycles. The Labute approximate surface area is 126 Å². The van der Waals surface area contributed by atoms with Gasteiger partial charge in [-0.25, -0.2) is 0 Å². The van der Waals surface area contributed by atoms with Crippen LogP contribution in [0.2, 0.25) is 0 Å². The first-order valence-corrected chi connectivity index (χ1v) is 7.45. The number of aliphatic hydroxyl groups is 2. The standard InChI is InChI=1S/C16H27NO4/c1-4-20-16-7-13(9-17-8-12(2)3)5-6-15(16)21-11-14(19)10-18/h5-7,12,14,17-19H,4,8-11H2,1-3H3. The molecule has 0 fully saturated rings. The van der Waals surface area contributed by atoms with Crippen LogP contribution in [0.5, 0.6) is 11.5 Å². The van der Waals surface area contributed by atoms with Crippen LogP contribution < -0.4 is 14.8 Å². The van der Waals surface area contributed by atoms with Crippen molar-refractivity contribution in [2.45, 2.75) is 33.4 Å². The fraction of sp³-hybridized carbons (Fsp3) is 0.625. The molecule has 1 rings (SSSR count). The smallest absolute Gasteiger partial charge is 0.161 e. The van der Waals surface area contributed by atoms with E-state index in [9.17, 15) is 5.11 Å². The SMILES string of the molecule is CCOc1cc(CNCC(C)C)ccc1OCC(O)CO. The van der Waals surface area contributed by atoms with Crippen LogP contribution >= 0.6 is 0 Å². The summed E-state index contributed by atoms with van der Waals surface area (Å²) in [4.78, 5) is 0. The largest absolute Gasteiger partial charge is 0.490 e. The lowest BCUT2D eigenvalue weighted by molar-refractivity contribution is 0.0525. The van der Waals surface area contributed by atoms with Gasteiger partial charge in [0.2, 0.25) is 0 Å². The average molecular weight is 297 g/mol. The van der Waals surface area contributed by atoms with Crippen molar-refractivity contribution in [2.75, 3.05) is 26.4 Å². The Balaban J connectivity index is 2.66. The van der Waals surface area contributed by atoms with Gasteiger partial charge < -0.3 is 25.0 Å². The van der Waals surface area contributed by atoms with E-state index in [1.54, 1.807) is 0 Å². The molecule has 120 valence electrons. The van der Waals surface area contributed by atoms with Crippen LogP contribution in [0.25, 0.3) is 0 Å². The van der Waals surface area contributed by atoms with Crippen LogP contribution in [0.1, 0.15) is 26.3 Å². The van der Waals surface area contributed by atoms with Gasteiger partial charge in [0.15, 0.2) is 11.5 Å². The Morgan fingerprint density at radius 2 is 1.95 bits per heavy atom. The molecule has 0 amide bonds. The molecule has 0 aliphatic heterocycles. The van der Waals surface area contributed by atoms with Crippen LogP contribution in [0.3, 0.4) is 0 Å². The summed E-state index contributed by atoms with van der Waals surface area (Å²) in [5, 5.41) is 21.5. The maximum Gasteiger partial charge on any atom is 0.161 e. The lowest BCUT2D eigenvalue weighted by Crippen LogP contribution is -2.21. The van der Waals surface area contributed by atoms with Crippen molar-refractivity contribution in [3.8, 4) is 11.5 Å². The summed E-state index contributed by atoms with van der Waals surface area (Å²) in [6.45, 7) is 8.26. The maximum atomic E-state index is 9.34. The summed E-state index contributed by atoms with van der Waals surface area (Å²) in [5.41, 5.74) is 1.12. The second-order valence-electron chi connectivity index (χ2n) is 5.39. The van der Waals surface area contributed by atoms with Gasteiger partial charge in [0.05, 0.1) is 13.2 Å². The van der Waals surface area contributed by atoms with Gasteiger partial charge in [-0.2, -0.15) is 0 Å². The van der Waals surface area contributed by atoms with Crippen molar-refractivity contribution in [2.24, 2.45) is 5.92 Å². The van der Waals surface area contributed by atoms with Crippen LogP contribution in [-0.4, -0.2) is 42.7 Å². The monoisotopic (exact) mass is 297 g/mol. The Kier molecular flexibility index (Phi) is 8.12. The first-order chi connectivity index (χ1) is 10.1. The number of benzene rings is 1. The lowest BCUT2D eigenvalue weighted by atomic mass is 10.2. The Morgan fingerprint density at radius 1 is 1.19 bits per heavy atom. The summed E-state index contributed by atoms with van der Waals surface area (Å²) in [7, 11) is 0. The van der Waals surface area contributed by atoms with E-state index in [0.717, 1.165) is 18.7 Å². The van der Waals surface area contributed by atoms with Crippen molar-refractivity contribution in [1.29, 1.82) is 0 Å². The van der Waals surface area contributed by atoms with E-state index in [2.05, 4.69) is 19.2 Å². The van der Waals surface area contributed by atoms with Crippen molar-refractivity contribution < 1.29 is 19.7 Å². The van der Waals surface area contributed by atoms with E-state index in [4.69, 9.17) is 14.6 Å². The number of hydrogen-bond acceptors (Lipinski definition) is 5. The Hall–Kier alpha value is -1.30. The molecule has 1 aromatic rings. The maximum absolute atomic E-state index is 9.34. The van der Waals surface area contributed by atoms with Gasteiger partial charge in [0.1, 0.15) is 12.7 Å². The average Bonchev–Trinajstić information content (AvgIpc) is 2.46. The first-order valence-electron chi connectivity index (χ1n) is 7.45. The highest BCUT2D eigenvalue weighted by molar-refractivity contribution is 5.43. The predicted octanol–water partition coefficient (Wildman–Crippen LogP) is 1.56. The molecule has 0 aliphatic carbocycles. The molecular weight excluding hydrogens is 270 g/mol. The van der Waals surface area contributed by atoms with E-state index in [1.807, 2.05) is 25.1 Å². The van der Waals surface area contributed by atoms with Gasteiger partial charge in [-0.3, -0.25) is 0 Å². The number of rotatable bonds is 10. The highest BCUT2D eigenvalue weighted by Gasteiger charge is 2.09. The van der Waals surface area contributed by atoms with Crippen molar-refractivity contribution >= 4 is 0 Å². The number of nitrogens with one attached hydrogen (secondary N) is 1. The predicted molar refractivity (Wildman–Crippen MR) is 82.7 cm³/mol. The lowest BCUT2D eigenvalue weighted by Gasteiger charge is -2.15. The van der Waals surface area contributed by atoms with E-state index in [1.165, 1.54) is 0 Å². The molecule has 5 heteroatoms. The molecule has 0 spiro atoms. The van der Waals surface area contributed by atoms with E-state index in [0.29, 0.717) is 24.0 Å². The van der Waals surface area contributed by atoms with Crippen LogP contribution in [0, 0.1) is 5.92 Å². The first kappa shape index (κ1) is 17.8. The fourth-order valence-corrected chi connectivity index (χ4v) is 1.79. The molecule has 0 heterocycles. The molecule has 0 bridgehead atoms. The quantitative estimate of drug-likeness (QED) is 0.611. The topological polar surface area (TPSA) is 71.0 Å². The summed E-state index contributed by atoms with van der Waals surface area (Å²) in [6, 6.07) is 5.75. The molecule has 0 aliphatic rings. The van der Waals surface area contributed by atoms with Crippen LogP contribution in [0.15, 0.2) is 18.2 Å². The minimum atomic E-state index is -0.883. The number of ether oxygens (including phenoxy) is 2. The van der Waals surface area contributed by atoms with Crippen molar-refractivity contribution in [1.82, 2.24) is 5.32 Å². The molecule has 0 radical (unpaired) electrons. The molecular formula is C16H27NO4. The molecule has 1 unspecified atom stereocenters. The van der Waals surface area contributed by atoms with Crippen LogP contribution in [0.4, 0.5) is 0 Å². The van der Waals surface area contributed by atoms with Crippen molar-refractivity contribution in [3.63, 3.8) is 0 Å². The van der Waals surface area contributed by atoms with Gasteiger partial charge in [0.25, 0.3) is 0 Å². The van der Waals surface area contributed by atoms with E-state index in [-0.39, 0.29) is 13.2 Å². The van der Waals surface area contributed by atoms with Gasteiger partial charge in [0, 0.05) is 6.54 Å². The number of aliphatic hydroxyl groups excluding tert-OH is 2. The third kappa shape index (κ3) is 6.80. The van der Waals surface area contributed by atoms with E-state index < -0.39 is 6.10 Å². The zero-order valence-electron chi connectivity index (χ0n) is 13.1. The van der Waals surface area contributed by atoms with Gasteiger partial charge in [-0.05, 0) is 37.1 Å². The van der Waals surface area contributed by atoms with Gasteiger partial charge in [-0.1, -0.05) is 19.9 Å². The molecule has 21 heavy (non-hydrogen) atoms. The molecule has 3 N–H and O–H groups in total. The molecule has 1 aromatic carbocycles. The normalized spacial score (nSPS) is 12.5. The zero-order valence-corrected chi connectivity index (χ0v) is 13.1. The zero-order chi connectivity index (χ0) is 15.7. The minimum Gasteiger partial charge on any atom is -0.490 e. The second kappa shape index (κ2) is 9.60. The van der Waals surface area contributed by atoms with Gasteiger partial charge in [-0.15, -0.1) is 0 Å². The highest BCUT2D eigenvalue weighted by Crippen LogP contribution is 2.28. The molecule has 0 aromatic heterocycles. The second-order valence-corrected chi connectivity index (χ2v) is 5.39. The summed E-state index contributed by atoms with van der Waals surface area (Å²) in [6.07, 6.45) is -0.883. The third-order valence-corrected chi connectivity index (χ3v) is 2.83. The molecule has 1 atom stereocenters. The highest BCUT2D eigenvalue weighted by atomic mass is 16.5. The fourth-order valence-electron chi connectivity index (χ4n) is 1.79. The Morgan fingerprint density at radius 3 is 2.57 bits per heavy atom.